The van der Waals surface area contributed by atoms with E-state index in [1.807, 2.05) is 0 Å². The Morgan fingerprint density at radius 2 is 1.70 bits per heavy atom. The Kier molecular flexibility index (Phi) is 5.67. The molecule has 1 atom stereocenters. The Balaban J connectivity index is 2.27. The third kappa shape index (κ3) is 5.54. The first kappa shape index (κ1) is 20.9. The Bertz CT molecular complexity index is 678. The summed E-state index contributed by atoms with van der Waals surface area (Å²) in [6.07, 6.45) is -4.57. The van der Waals surface area contributed by atoms with Crippen molar-refractivity contribution < 1.29 is 32.6 Å². The van der Waals surface area contributed by atoms with Gasteiger partial charge in [-0.25, -0.2) is 28.0 Å². The highest BCUT2D eigenvalue weighted by atomic mass is 19.3. The second-order valence-electron chi connectivity index (χ2n) is 8.19. The number of carbonyl (C=O) groups excluding carboxylic acids is 2. The third-order valence-corrected chi connectivity index (χ3v) is 3.34. The van der Waals surface area contributed by atoms with Gasteiger partial charge in [0.25, 0.3) is 6.43 Å². The summed E-state index contributed by atoms with van der Waals surface area (Å²) in [6.45, 7) is 9.87. The molecule has 0 saturated heterocycles. The molecule has 0 spiro atoms. The first-order chi connectivity index (χ1) is 12.3. The molecule has 1 aliphatic rings. The number of nitrogens with zero attached hydrogens (tertiary/aromatic N) is 3. The molecule has 10 heteroatoms. The molecule has 2 amide bonds. The maximum Gasteiger partial charge on any atom is 0.420 e. The normalized spacial score (nSPS) is 17.1. The quantitative estimate of drug-likeness (QED) is 0.766. The number of imide groups is 1. The van der Waals surface area contributed by atoms with Crippen molar-refractivity contribution in [1.82, 2.24) is 14.7 Å². The molecule has 8 nitrogen and oxygen atoms in total. The molecule has 0 aliphatic carbocycles. The lowest BCUT2D eigenvalue weighted by molar-refractivity contribution is -0.0179. The largest absolute Gasteiger partial charge is 0.476 e. The Morgan fingerprint density at radius 3 is 2.15 bits per heavy atom. The minimum atomic E-state index is -2.75. The van der Waals surface area contributed by atoms with E-state index in [9.17, 15) is 18.4 Å². The number of hydrogen-bond acceptors (Lipinski definition) is 6. The monoisotopic (exact) mass is 389 g/mol. The number of aromatic nitrogens is 2. The molecule has 0 aromatic carbocycles. The average molecular weight is 389 g/mol. The van der Waals surface area contributed by atoms with Crippen molar-refractivity contribution in [3.8, 4) is 5.88 Å². The van der Waals surface area contributed by atoms with Crippen LogP contribution in [0.3, 0.4) is 0 Å². The lowest BCUT2D eigenvalue weighted by Crippen LogP contribution is -2.53. The van der Waals surface area contributed by atoms with Crippen LogP contribution in [-0.2, 0) is 16.0 Å². The first-order valence-corrected chi connectivity index (χ1v) is 8.51. The summed E-state index contributed by atoms with van der Waals surface area (Å²) in [5, 5.41) is 3.76. The maximum atomic E-state index is 12.8. The van der Waals surface area contributed by atoms with E-state index in [1.165, 1.54) is 4.68 Å². The molecule has 2 rings (SSSR count). The zero-order valence-electron chi connectivity index (χ0n) is 16.3. The fourth-order valence-corrected chi connectivity index (χ4v) is 2.36. The molecule has 2 heterocycles. The zero-order valence-corrected chi connectivity index (χ0v) is 16.3. The van der Waals surface area contributed by atoms with Crippen molar-refractivity contribution >= 4 is 12.2 Å². The van der Waals surface area contributed by atoms with Crippen LogP contribution in [0.1, 0.15) is 53.7 Å². The third-order valence-electron chi connectivity index (χ3n) is 3.34. The standard InChI is InChI=1S/C17H25F2N3O5/c1-16(2,3)26-14(23)22(15(24)27-17(4,5)6)10-8-21-12(25-9-10)7-11(20-21)13(18)19/h7,10,13H,8-9H2,1-6H3. The summed E-state index contributed by atoms with van der Waals surface area (Å²) < 4.78 is 42.9. The highest BCUT2D eigenvalue weighted by molar-refractivity contribution is 5.88. The van der Waals surface area contributed by atoms with Crippen molar-refractivity contribution in [2.24, 2.45) is 0 Å². The lowest BCUT2D eigenvalue weighted by Gasteiger charge is -2.35. The second-order valence-corrected chi connectivity index (χ2v) is 8.19. The van der Waals surface area contributed by atoms with Crippen LogP contribution in [0, 0.1) is 0 Å². The molecule has 0 N–H and O–H groups in total. The van der Waals surface area contributed by atoms with Crippen molar-refractivity contribution in [1.29, 1.82) is 0 Å². The number of ether oxygens (including phenoxy) is 3. The number of fused-ring (bicyclic) bond motifs is 1. The molecule has 1 aromatic rings. The summed E-state index contributed by atoms with van der Waals surface area (Å²) in [6, 6.07) is 0.305. The van der Waals surface area contributed by atoms with Gasteiger partial charge in [0.2, 0.25) is 5.88 Å². The summed E-state index contributed by atoms with van der Waals surface area (Å²) >= 11 is 0. The fourth-order valence-electron chi connectivity index (χ4n) is 2.36. The Labute approximate surface area is 156 Å². The van der Waals surface area contributed by atoms with Crippen LogP contribution in [0.5, 0.6) is 5.88 Å². The molecule has 1 unspecified atom stereocenters. The van der Waals surface area contributed by atoms with Crippen molar-refractivity contribution in [2.75, 3.05) is 6.61 Å². The van der Waals surface area contributed by atoms with Crippen LogP contribution in [0.4, 0.5) is 18.4 Å². The first-order valence-electron chi connectivity index (χ1n) is 8.51. The molecular formula is C17H25F2N3O5. The number of rotatable bonds is 2. The van der Waals surface area contributed by atoms with Crippen LogP contribution >= 0.6 is 0 Å². The number of hydrogen-bond donors (Lipinski definition) is 0. The van der Waals surface area contributed by atoms with E-state index >= 15 is 0 Å². The lowest BCUT2D eigenvalue weighted by atomic mass is 10.2. The van der Waals surface area contributed by atoms with E-state index in [0.717, 1.165) is 11.0 Å². The Morgan fingerprint density at radius 1 is 1.19 bits per heavy atom. The van der Waals surface area contributed by atoms with Gasteiger partial charge in [-0.3, -0.25) is 0 Å². The van der Waals surface area contributed by atoms with Crippen LogP contribution in [0.25, 0.3) is 0 Å². The molecule has 0 bridgehead atoms. The average Bonchev–Trinajstić information content (AvgIpc) is 2.86. The summed E-state index contributed by atoms with van der Waals surface area (Å²) in [5.74, 6) is 0.148. The van der Waals surface area contributed by atoms with Gasteiger partial charge in [0.15, 0.2) is 0 Å². The van der Waals surface area contributed by atoms with E-state index in [0.29, 0.717) is 0 Å². The minimum Gasteiger partial charge on any atom is -0.476 e. The molecule has 152 valence electrons. The van der Waals surface area contributed by atoms with Crippen molar-refractivity contribution in [3.63, 3.8) is 0 Å². The highest BCUT2D eigenvalue weighted by Gasteiger charge is 2.39. The molecule has 0 fully saturated rings. The maximum absolute atomic E-state index is 12.8. The topological polar surface area (TPSA) is 82.9 Å². The number of halogens is 2. The summed E-state index contributed by atoms with van der Waals surface area (Å²) in [4.78, 5) is 26.0. The van der Waals surface area contributed by atoms with Gasteiger partial charge < -0.3 is 14.2 Å². The zero-order chi connectivity index (χ0) is 20.6. The van der Waals surface area contributed by atoms with Crippen LogP contribution in [0.2, 0.25) is 0 Å². The van der Waals surface area contributed by atoms with E-state index in [-0.39, 0.29) is 19.0 Å². The molecule has 0 radical (unpaired) electrons. The van der Waals surface area contributed by atoms with E-state index in [4.69, 9.17) is 14.2 Å². The fraction of sp³-hybridized carbons (Fsp3) is 0.706. The van der Waals surface area contributed by atoms with Gasteiger partial charge in [0, 0.05) is 6.07 Å². The van der Waals surface area contributed by atoms with Gasteiger partial charge in [-0.1, -0.05) is 0 Å². The molecular weight excluding hydrogens is 364 g/mol. The van der Waals surface area contributed by atoms with Gasteiger partial charge in [-0.2, -0.15) is 5.10 Å². The number of carbonyl (C=O) groups is 2. The Hall–Kier alpha value is -2.39. The smallest absolute Gasteiger partial charge is 0.420 e. The summed E-state index contributed by atoms with van der Waals surface area (Å²) in [5.41, 5.74) is -2.12. The van der Waals surface area contributed by atoms with E-state index < -0.39 is 41.5 Å². The van der Waals surface area contributed by atoms with E-state index in [1.54, 1.807) is 41.5 Å². The predicted octanol–water partition coefficient (Wildman–Crippen LogP) is 3.75. The predicted molar refractivity (Wildman–Crippen MR) is 90.8 cm³/mol. The van der Waals surface area contributed by atoms with Gasteiger partial charge in [-0.15, -0.1) is 0 Å². The van der Waals surface area contributed by atoms with E-state index in [2.05, 4.69) is 5.10 Å². The highest BCUT2D eigenvalue weighted by Crippen LogP contribution is 2.27. The van der Waals surface area contributed by atoms with Crippen molar-refractivity contribution in [3.05, 3.63) is 11.8 Å². The molecule has 1 aliphatic heterocycles. The summed E-state index contributed by atoms with van der Waals surface area (Å²) in [7, 11) is 0. The van der Waals surface area contributed by atoms with Crippen LogP contribution < -0.4 is 4.74 Å². The van der Waals surface area contributed by atoms with Crippen LogP contribution in [0.15, 0.2) is 6.07 Å². The SMILES string of the molecule is CC(C)(C)OC(=O)N(C(=O)OC(C)(C)C)C1COc2cc(C(F)F)nn2C1. The molecule has 0 saturated carbocycles. The number of alkyl halides is 2. The van der Waals surface area contributed by atoms with Gasteiger partial charge in [0.05, 0.1) is 6.54 Å². The van der Waals surface area contributed by atoms with Crippen LogP contribution in [-0.4, -0.2) is 50.7 Å². The molecule has 27 heavy (non-hydrogen) atoms. The number of amides is 2. The van der Waals surface area contributed by atoms with Gasteiger partial charge in [0.1, 0.15) is 29.5 Å². The second kappa shape index (κ2) is 7.32. The van der Waals surface area contributed by atoms with Gasteiger partial charge >= 0.3 is 12.2 Å². The van der Waals surface area contributed by atoms with Crippen molar-refractivity contribution in [2.45, 2.75) is 71.8 Å². The van der Waals surface area contributed by atoms with Gasteiger partial charge in [-0.05, 0) is 41.5 Å². The molecule has 1 aromatic heterocycles. The minimum absolute atomic E-state index is 0.0134.